The molecule has 0 unspecified atom stereocenters. The molecule has 6 rings (SSSR count). The molecule has 1 N–H and O–H groups in total. The van der Waals surface area contributed by atoms with Crippen LogP contribution in [0.4, 0.5) is 5.13 Å². The number of aryl methyl sites for hydroxylation is 1. The number of carbonyl (C=O) groups excluding carboxylic acids is 3. The number of anilines is 1. The molecule has 41 heavy (non-hydrogen) atoms. The zero-order valence-corrected chi connectivity index (χ0v) is 23.7. The van der Waals surface area contributed by atoms with Gasteiger partial charge in [-0.05, 0) is 42.5 Å². The van der Waals surface area contributed by atoms with Crippen LogP contribution in [0.5, 0.6) is 0 Å². The number of thioether (sulfide) groups is 1. The van der Waals surface area contributed by atoms with E-state index in [0.717, 1.165) is 35.1 Å². The van der Waals surface area contributed by atoms with Gasteiger partial charge in [0.05, 0.1) is 5.75 Å². The molecule has 11 heteroatoms. The number of hydrogen-bond donors (Lipinski definition) is 1. The molecule has 0 saturated heterocycles. The molecule has 206 valence electrons. The summed E-state index contributed by atoms with van der Waals surface area (Å²) < 4.78 is 1.98. The lowest BCUT2D eigenvalue weighted by Gasteiger charge is -2.27. The number of amides is 3. The van der Waals surface area contributed by atoms with Crippen LogP contribution in [0.1, 0.15) is 45.8 Å². The Morgan fingerprint density at radius 2 is 1.63 bits per heavy atom. The lowest BCUT2D eigenvalue weighted by Crippen LogP contribution is -2.40. The summed E-state index contributed by atoms with van der Waals surface area (Å²) in [7, 11) is 0. The third-order valence-corrected chi connectivity index (χ3v) is 8.48. The molecule has 9 nitrogen and oxygen atoms in total. The normalized spacial score (nSPS) is 12.7. The molecular weight excluding hydrogens is 557 g/mol. The van der Waals surface area contributed by atoms with Crippen LogP contribution in [0.15, 0.2) is 83.5 Å². The molecule has 0 atom stereocenters. The Bertz CT molecular complexity index is 1670. The van der Waals surface area contributed by atoms with Crippen LogP contribution in [0.2, 0.25) is 0 Å². The average molecular weight is 583 g/mol. The number of imide groups is 1. The second-order valence-electron chi connectivity index (χ2n) is 9.53. The third kappa shape index (κ3) is 5.63. The van der Waals surface area contributed by atoms with Crippen molar-refractivity contribution >= 4 is 56.7 Å². The summed E-state index contributed by atoms with van der Waals surface area (Å²) >= 11 is 2.69. The molecule has 5 aromatic rings. The van der Waals surface area contributed by atoms with Crippen molar-refractivity contribution in [3.8, 4) is 5.69 Å². The van der Waals surface area contributed by atoms with E-state index in [-0.39, 0.29) is 23.5 Å². The fraction of sp³-hybridized carbons (Fsp3) is 0.200. The smallest absolute Gasteiger partial charge is 0.261 e. The van der Waals surface area contributed by atoms with Gasteiger partial charge in [-0.25, -0.2) is 4.98 Å². The molecule has 0 spiro atoms. The largest absolute Gasteiger partial charge is 0.301 e. The standard InChI is InChI=1S/C30H26N6O3S2/c37-25(32-29-31-16-18-40-29)19-41-30-34-33-24(36(30)21-11-3-1-4-12-21)15-5-2-6-17-35-27(38)22-13-7-9-20-10-8-14-23(26(20)22)28(35)39/h1,3-4,7-14,16,18H,2,5-6,15,17,19H2,(H,31,32,37). The first-order chi connectivity index (χ1) is 20.1. The number of nitrogens with zero attached hydrogens (tertiary/aromatic N) is 5. The van der Waals surface area contributed by atoms with Crippen LogP contribution in [0.3, 0.4) is 0 Å². The Hall–Kier alpha value is -4.35. The maximum absolute atomic E-state index is 13.2. The number of para-hydroxylation sites is 1. The highest BCUT2D eigenvalue weighted by molar-refractivity contribution is 7.99. The number of rotatable bonds is 11. The molecule has 1 aliphatic rings. The molecule has 0 fully saturated rings. The minimum atomic E-state index is -0.233. The maximum atomic E-state index is 13.2. The summed E-state index contributed by atoms with van der Waals surface area (Å²) in [4.78, 5) is 44.2. The van der Waals surface area contributed by atoms with Crippen LogP contribution < -0.4 is 5.32 Å². The molecule has 2 aromatic heterocycles. The summed E-state index contributed by atoms with van der Waals surface area (Å²) in [5, 5.41) is 16.3. The summed E-state index contributed by atoms with van der Waals surface area (Å²) in [5.41, 5.74) is 2.09. The predicted octanol–water partition coefficient (Wildman–Crippen LogP) is 5.62. The zero-order chi connectivity index (χ0) is 28.2. The SMILES string of the molecule is O=C(CSc1nnc(CCCCCN2C(=O)c3cccc4cccc(c34)C2=O)n1-c1ccccc1)Nc1nccs1. The number of benzene rings is 3. The first kappa shape index (κ1) is 26.9. The van der Waals surface area contributed by atoms with E-state index in [1.807, 2.05) is 64.5 Å². The van der Waals surface area contributed by atoms with Gasteiger partial charge in [0.1, 0.15) is 5.82 Å². The van der Waals surface area contributed by atoms with Gasteiger partial charge >= 0.3 is 0 Å². The Kier molecular flexibility index (Phi) is 7.88. The van der Waals surface area contributed by atoms with Crippen molar-refractivity contribution in [2.24, 2.45) is 0 Å². The van der Waals surface area contributed by atoms with Gasteiger partial charge < -0.3 is 5.32 Å². The van der Waals surface area contributed by atoms with E-state index in [1.54, 1.807) is 18.3 Å². The molecule has 1 aliphatic heterocycles. The van der Waals surface area contributed by atoms with E-state index < -0.39 is 0 Å². The van der Waals surface area contributed by atoms with E-state index in [1.165, 1.54) is 28.0 Å². The van der Waals surface area contributed by atoms with Gasteiger partial charge in [0, 0.05) is 46.7 Å². The van der Waals surface area contributed by atoms with E-state index in [0.29, 0.717) is 40.8 Å². The molecule has 0 radical (unpaired) electrons. The van der Waals surface area contributed by atoms with Gasteiger partial charge in [-0.2, -0.15) is 0 Å². The van der Waals surface area contributed by atoms with E-state index in [4.69, 9.17) is 0 Å². The number of unbranched alkanes of at least 4 members (excludes halogenated alkanes) is 2. The Morgan fingerprint density at radius 1 is 0.878 bits per heavy atom. The highest BCUT2D eigenvalue weighted by Crippen LogP contribution is 2.30. The van der Waals surface area contributed by atoms with Gasteiger partial charge in [-0.3, -0.25) is 23.9 Å². The number of thiazole rings is 1. The van der Waals surface area contributed by atoms with Gasteiger partial charge in [0.2, 0.25) is 5.91 Å². The maximum Gasteiger partial charge on any atom is 0.261 e. The van der Waals surface area contributed by atoms with Crippen LogP contribution >= 0.6 is 23.1 Å². The fourth-order valence-corrected chi connectivity index (χ4v) is 6.29. The van der Waals surface area contributed by atoms with Crippen molar-refractivity contribution in [1.82, 2.24) is 24.6 Å². The van der Waals surface area contributed by atoms with E-state index in [2.05, 4.69) is 20.5 Å². The molecular formula is C30H26N6O3S2. The van der Waals surface area contributed by atoms with Gasteiger partial charge in [-0.1, -0.05) is 60.6 Å². The van der Waals surface area contributed by atoms with Crippen molar-refractivity contribution in [2.45, 2.75) is 30.8 Å². The van der Waals surface area contributed by atoms with E-state index >= 15 is 0 Å². The molecule has 0 saturated carbocycles. The highest BCUT2D eigenvalue weighted by Gasteiger charge is 2.32. The van der Waals surface area contributed by atoms with E-state index in [9.17, 15) is 14.4 Å². The van der Waals surface area contributed by atoms with Crippen LogP contribution in [-0.2, 0) is 11.2 Å². The molecule has 3 amide bonds. The summed E-state index contributed by atoms with van der Waals surface area (Å²) in [6.07, 6.45) is 4.62. The minimum absolute atomic E-state index is 0.158. The molecule has 0 aliphatic carbocycles. The highest BCUT2D eigenvalue weighted by atomic mass is 32.2. The molecule has 0 bridgehead atoms. The first-order valence-corrected chi connectivity index (χ1v) is 15.2. The number of hydrogen-bond acceptors (Lipinski definition) is 8. The van der Waals surface area contributed by atoms with Crippen LogP contribution in [-0.4, -0.2) is 54.7 Å². The third-order valence-electron chi connectivity index (χ3n) is 6.86. The molecule has 3 heterocycles. The Morgan fingerprint density at radius 3 is 2.34 bits per heavy atom. The monoisotopic (exact) mass is 582 g/mol. The second kappa shape index (κ2) is 12.0. The lowest BCUT2D eigenvalue weighted by molar-refractivity contribution is -0.113. The quantitative estimate of drug-likeness (QED) is 0.122. The van der Waals surface area contributed by atoms with Crippen molar-refractivity contribution in [3.63, 3.8) is 0 Å². The van der Waals surface area contributed by atoms with Gasteiger partial charge in [-0.15, -0.1) is 21.5 Å². The van der Waals surface area contributed by atoms with Crippen molar-refractivity contribution in [1.29, 1.82) is 0 Å². The van der Waals surface area contributed by atoms with Gasteiger partial charge in [0.15, 0.2) is 10.3 Å². The topological polar surface area (TPSA) is 110 Å². The zero-order valence-electron chi connectivity index (χ0n) is 22.0. The number of nitrogens with one attached hydrogen (secondary N) is 1. The van der Waals surface area contributed by atoms with Crippen molar-refractivity contribution in [2.75, 3.05) is 17.6 Å². The first-order valence-electron chi connectivity index (χ1n) is 13.3. The summed E-state index contributed by atoms with van der Waals surface area (Å²) in [6, 6.07) is 21.0. The van der Waals surface area contributed by atoms with Crippen LogP contribution in [0, 0.1) is 0 Å². The Balaban J connectivity index is 1.08. The molecule has 3 aromatic carbocycles. The Labute approximate surface area is 244 Å². The minimum Gasteiger partial charge on any atom is -0.301 e. The van der Waals surface area contributed by atoms with Gasteiger partial charge in [0.25, 0.3) is 11.8 Å². The predicted molar refractivity (Wildman–Crippen MR) is 160 cm³/mol. The van der Waals surface area contributed by atoms with Crippen molar-refractivity contribution < 1.29 is 14.4 Å². The summed E-state index contributed by atoms with van der Waals surface area (Å²) in [5.74, 6) is 0.353. The fourth-order valence-electron chi connectivity index (χ4n) is 4.98. The number of carbonyl (C=O) groups is 3. The second-order valence-corrected chi connectivity index (χ2v) is 11.4. The van der Waals surface area contributed by atoms with Crippen LogP contribution in [0.25, 0.3) is 16.5 Å². The summed E-state index contributed by atoms with van der Waals surface area (Å²) in [6.45, 7) is 0.364. The number of aromatic nitrogens is 4. The van der Waals surface area contributed by atoms with Crippen molar-refractivity contribution in [3.05, 3.63) is 95.3 Å². The average Bonchev–Trinajstić information content (AvgIpc) is 3.66. The lowest BCUT2D eigenvalue weighted by atomic mass is 9.94.